The number of hydrogen-bond donors (Lipinski definition) is 2. The van der Waals surface area contributed by atoms with E-state index >= 15 is 0 Å². The van der Waals surface area contributed by atoms with Crippen LogP contribution in [-0.4, -0.2) is 21.9 Å². The van der Waals surface area contributed by atoms with E-state index in [9.17, 15) is 19.7 Å². The molecular formula is C11H11ClN2O5. The first kappa shape index (κ1) is 14.9. The SMILES string of the molecule is CC(C)(C(=O)O)C(=O)Nc1cc([N+](=O)[O-])ccc1Cl. The summed E-state index contributed by atoms with van der Waals surface area (Å²) in [4.78, 5) is 32.7. The third-order valence-electron chi connectivity index (χ3n) is 2.51. The molecule has 0 saturated heterocycles. The third kappa shape index (κ3) is 3.19. The number of nitrogens with zero attached hydrogens (tertiary/aromatic N) is 1. The van der Waals surface area contributed by atoms with Gasteiger partial charge in [0.25, 0.3) is 5.69 Å². The molecule has 1 amide bonds. The number of aliphatic carboxylic acids is 1. The van der Waals surface area contributed by atoms with Crippen molar-refractivity contribution in [2.45, 2.75) is 13.8 Å². The zero-order chi connectivity index (χ0) is 14.8. The summed E-state index contributed by atoms with van der Waals surface area (Å²) in [5.41, 5.74) is -1.93. The molecule has 7 nitrogen and oxygen atoms in total. The number of amides is 1. The molecule has 102 valence electrons. The Bertz CT molecular complexity index is 556. The third-order valence-corrected chi connectivity index (χ3v) is 2.84. The van der Waals surface area contributed by atoms with Crippen LogP contribution in [0.5, 0.6) is 0 Å². The number of anilines is 1. The number of rotatable bonds is 4. The lowest BCUT2D eigenvalue weighted by Gasteiger charge is -2.18. The summed E-state index contributed by atoms with van der Waals surface area (Å²) in [7, 11) is 0. The Morgan fingerprint density at radius 2 is 2.00 bits per heavy atom. The summed E-state index contributed by atoms with van der Waals surface area (Å²) in [6.45, 7) is 2.44. The number of benzene rings is 1. The van der Waals surface area contributed by atoms with Gasteiger partial charge in [-0.05, 0) is 19.9 Å². The van der Waals surface area contributed by atoms with Gasteiger partial charge in [-0.3, -0.25) is 19.7 Å². The molecule has 1 aromatic rings. The van der Waals surface area contributed by atoms with Crippen molar-refractivity contribution in [3.63, 3.8) is 0 Å². The molecule has 0 aliphatic carbocycles. The van der Waals surface area contributed by atoms with Crippen LogP contribution >= 0.6 is 11.6 Å². The number of nitrogens with one attached hydrogen (secondary N) is 1. The lowest BCUT2D eigenvalue weighted by atomic mass is 9.92. The van der Waals surface area contributed by atoms with Crippen LogP contribution in [0.3, 0.4) is 0 Å². The standard InChI is InChI=1S/C11H11ClN2O5/c1-11(2,10(16)17)9(15)13-8-5-6(14(18)19)3-4-7(8)12/h3-5H,1-2H3,(H,13,15)(H,16,17). The molecule has 0 radical (unpaired) electrons. The van der Waals surface area contributed by atoms with E-state index < -0.39 is 22.2 Å². The van der Waals surface area contributed by atoms with E-state index in [4.69, 9.17) is 16.7 Å². The van der Waals surface area contributed by atoms with Crippen LogP contribution in [-0.2, 0) is 9.59 Å². The van der Waals surface area contributed by atoms with E-state index in [1.54, 1.807) is 0 Å². The van der Waals surface area contributed by atoms with Gasteiger partial charge in [-0.15, -0.1) is 0 Å². The van der Waals surface area contributed by atoms with Gasteiger partial charge in [0, 0.05) is 12.1 Å². The molecule has 0 fully saturated rings. The van der Waals surface area contributed by atoms with Crippen LogP contribution in [0.2, 0.25) is 5.02 Å². The second kappa shape index (κ2) is 5.23. The number of nitro groups is 1. The first-order valence-electron chi connectivity index (χ1n) is 5.15. The number of hydrogen-bond acceptors (Lipinski definition) is 4. The molecule has 1 aromatic carbocycles. The van der Waals surface area contributed by atoms with Gasteiger partial charge in [-0.25, -0.2) is 0 Å². The zero-order valence-corrected chi connectivity index (χ0v) is 10.9. The van der Waals surface area contributed by atoms with Gasteiger partial charge in [0.2, 0.25) is 5.91 Å². The maximum absolute atomic E-state index is 11.8. The summed E-state index contributed by atoms with van der Waals surface area (Å²) in [5, 5.41) is 21.9. The lowest BCUT2D eigenvalue weighted by Crippen LogP contribution is -2.37. The Morgan fingerprint density at radius 1 is 1.42 bits per heavy atom. The number of carbonyl (C=O) groups excluding carboxylic acids is 1. The molecular weight excluding hydrogens is 276 g/mol. The molecule has 0 spiro atoms. The highest BCUT2D eigenvalue weighted by molar-refractivity contribution is 6.34. The van der Waals surface area contributed by atoms with Crippen LogP contribution in [0.15, 0.2) is 18.2 Å². The molecule has 0 aliphatic rings. The molecule has 0 aliphatic heterocycles. The van der Waals surface area contributed by atoms with Gasteiger partial charge in [0.05, 0.1) is 15.6 Å². The van der Waals surface area contributed by atoms with Crippen LogP contribution < -0.4 is 5.32 Å². The number of nitro benzene ring substituents is 1. The molecule has 2 N–H and O–H groups in total. The topological polar surface area (TPSA) is 110 Å². The minimum absolute atomic E-state index is 0.00445. The number of carboxylic acids is 1. The second-order valence-electron chi connectivity index (χ2n) is 4.31. The van der Waals surface area contributed by atoms with E-state index in [1.807, 2.05) is 0 Å². The normalized spacial score (nSPS) is 10.9. The first-order valence-corrected chi connectivity index (χ1v) is 5.53. The maximum Gasteiger partial charge on any atom is 0.318 e. The Balaban J connectivity index is 3.06. The van der Waals surface area contributed by atoms with E-state index in [2.05, 4.69) is 5.32 Å². The Morgan fingerprint density at radius 3 is 2.47 bits per heavy atom. The molecule has 19 heavy (non-hydrogen) atoms. The molecule has 8 heteroatoms. The smallest absolute Gasteiger partial charge is 0.318 e. The minimum Gasteiger partial charge on any atom is -0.480 e. The first-order chi connectivity index (χ1) is 8.66. The van der Waals surface area contributed by atoms with E-state index in [0.29, 0.717) is 0 Å². The second-order valence-corrected chi connectivity index (χ2v) is 4.71. The largest absolute Gasteiger partial charge is 0.480 e. The van der Waals surface area contributed by atoms with Crippen molar-refractivity contribution in [3.05, 3.63) is 33.3 Å². The summed E-state index contributed by atoms with van der Waals surface area (Å²) in [5.74, 6) is -2.13. The Labute approximate surface area is 113 Å². The number of carboxylic acid groups (broad SMARTS) is 1. The zero-order valence-electron chi connectivity index (χ0n) is 10.1. The van der Waals surface area contributed by atoms with Crippen molar-refractivity contribution in [3.8, 4) is 0 Å². The monoisotopic (exact) mass is 286 g/mol. The van der Waals surface area contributed by atoms with E-state index in [-0.39, 0.29) is 16.4 Å². The molecule has 0 atom stereocenters. The van der Waals surface area contributed by atoms with Crippen LogP contribution in [0.25, 0.3) is 0 Å². The number of non-ortho nitro benzene ring substituents is 1. The predicted octanol–water partition coefficient (Wildman–Crippen LogP) is 2.30. The maximum atomic E-state index is 11.8. The summed E-state index contributed by atoms with van der Waals surface area (Å²) in [6, 6.07) is 3.50. The van der Waals surface area contributed by atoms with Gasteiger partial charge in [0.15, 0.2) is 0 Å². The van der Waals surface area contributed by atoms with Gasteiger partial charge in [-0.1, -0.05) is 11.6 Å². The predicted molar refractivity (Wildman–Crippen MR) is 68.2 cm³/mol. The highest BCUT2D eigenvalue weighted by atomic mass is 35.5. The average molecular weight is 287 g/mol. The summed E-state index contributed by atoms with van der Waals surface area (Å²) >= 11 is 5.79. The average Bonchev–Trinajstić information content (AvgIpc) is 2.31. The Hall–Kier alpha value is -2.15. The molecule has 1 rings (SSSR count). The van der Waals surface area contributed by atoms with Gasteiger partial charge >= 0.3 is 5.97 Å². The van der Waals surface area contributed by atoms with Crippen molar-refractivity contribution in [1.82, 2.24) is 0 Å². The van der Waals surface area contributed by atoms with Crippen molar-refractivity contribution in [2.75, 3.05) is 5.32 Å². The van der Waals surface area contributed by atoms with Crippen LogP contribution in [0, 0.1) is 15.5 Å². The van der Waals surface area contributed by atoms with Crippen LogP contribution in [0.4, 0.5) is 11.4 Å². The highest BCUT2D eigenvalue weighted by Crippen LogP contribution is 2.28. The van der Waals surface area contributed by atoms with E-state index in [0.717, 1.165) is 6.07 Å². The fourth-order valence-corrected chi connectivity index (χ4v) is 1.26. The number of halogens is 1. The van der Waals surface area contributed by atoms with Crippen molar-refractivity contribution >= 4 is 34.9 Å². The summed E-state index contributed by atoms with van der Waals surface area (Å²) in [6.07, 6.45) is 0. The molecule has 0 heterocycles. The fourth-order valence-electron chi connectivity index (χ4n) is 1.10. The van der Waals surface area contributed by atoms with Crippen LogP contribution in [0.1, 0.15) is 13.8 Å². The van der Waals surface area contributed by atoms with Gasteiger partial charge in [0.1, 0.15) is 5.41 Å². The van der Waals surface area contributed by atoms with Gasteiger partial charge < -0.3 is 10.4 Å². The van der Waals surface area contributed by atoms with Crippen molar-refractivity contribution in [2.24, 2.45) is 5.41 Å². The molecule has 0 bridgehead atoms. The summed E-state index contributed by atoms with van der Waals surface area (Å²) < 4.78 is 0. The minimum atomic E-state index is -1.67. The van der Waals surface area contributed by atoms with E-state index in [1.165, 1.54) is 26.0 Å². The van der Waals surface area contributed by atoms with Crippen molar-refractivity contribution < 1.29 is 19.6 Å². The molecule has 0 aromatic heterocycles. The fraction of sp³-hybridized carbons (Fsp3) is 0.273. The highest BCUT2D eigenvalue weighted by Gasteiger charge is 2.36. The quantitative estimate of drug-likeness (QED) is 0.501. The Kier molecular flexibility index (Phi) is 4.10. The number of carbonyl (C=O) groups is 2. The molecule has 0 saturated carbocycles. The molecule has 0 unspecified atom stereocenters. The lowest BCUT2D eigenvalue weighted by molar-refractivity contribution is -0.384. The van der Waals surface area contributed by atoms with Crippen molar-refractivity contribution in [1.29, 1.82) is 0 Å². The van der Waals surface area contributed by atoms with Gasteiger partial charge in [-0.2, -0.15) is 0 Å².